The second kappa shape index (κ2) is 13.0. The molecule has 0 aliphatic rings. The fourth-order valence-corrected chi connectivity index (χ4v) is 2.34. The molecule has 0 aromatic heterocycles. The molecule has 4 amide bonds. The van der Waals surface area contributed by atoms with Gasteiger partial charge in [-0.25, -0.2) is 4.79 Å². The molecule has 0 aromatic carbocycles. The van der Waals surface area contributed by atoms with Crippen molar-refractivity contribution in [1.82, 2.24) is 16.0 Å². The molecular weight excluding hydrogens is 406 g/mol. The van der Waals surface area contributed by atoms with Gasteiger partial charge in [0.15, 0.2) is 0 Å². The highest BCUT2D eigenvalue weighted by atomic mass is 32.1. The number of amides is 4. The molecule has 0 saturated heterocycles. The Morgan fingerprint density at radius 2 is 1.55 bits per heavy atom. The molecule has 9 N–H and O–H groups in total. The van der Waals surface area contributed by atoms with Crippen molar-refractivity contribution >= 4 is 42.2 Å². The second-order valence-corrected chi connectivity index (χ2v) is 6.84. The molecule has 0 saturated carbocycles. The minimum absolute atomic E-state index is 0.00756. The smallest absolute Gasteiger partial charge is 0.328 e. The van der Waals surface area contributed by atoms with Crippen molar-refractivity contribution in [3.8, 4) is 0 Å². The summed E-state index contributed by atoms with van der Waals surface area (Å²) in [7, 11) is 0. The van der Waals surface area contributed by atoms with Crippen LogP contribution in [0.25, 0.3) is 0 Å². The number of hydrogen-bond acceptors (Lipinski definition) is 8. The van der Waals surface area contributed by atoms with Crippen LogP contribution in [0.2, 0.25) is 0 Å². The number of aliphatic carboxylic acids is 1. The Balaban J connectivity index is 5.46. The van der Waals surface area contributed by atoms with Gasteiger partial charge in [0.1, 0.15) is 18.1 Å². The monoisotopic (exact) mass is 435 g/mol. The maximum absolute atomic E-state index is 12.6. The standard InChI is InChI=1S/C16H29N5O7S/c1-3-7(2)12(15(26)20-10(5-22)16(27)28)21-14(25)9(4-11(18)23)19-13(24)8(17)6-29/h7-10,12,22,29H,3-6,17H2,1-2H3,(H2,18,23)(H,19,24)(H,20,26)(H,21,25)(H,27,28). The zero-order valence-corrected chi connectivity index (χ0v) is 17.1. The highest BCUT2D eigenvalue weighted by molar-refractivity contribution is 7.80. The molecular formula is C16H29N5O7S. The number of carboxylic acids is 1. The maximum atomic E-state index is 12.6. The fraction of sp³-hybridized carbons (Fsp3) is 0.688. The summed E-state index contributed by atoms with van der Waals surface area (Å²) in [4.78, 5) is 59.3. The maximum Gasteiger partial charge on any atom is 0.328 e. The predicted octanol–water partition coefficient (Wildman–Crippen LogP) is -3.30. The summed E-state index contributed by atoms with van der Waals surface area (Å²) in [6.07, 6.45) is -0.104. The van der Waals surface area contributed by atoms with Gasteiger partial charge in [0.2, 0.25) is 23.6 Å². The van der Waals surface area contributed by atoms with Crippen LogP contribution >= 0.6 is 12.6 Å². The van der Waals surface area contributed by atoms with Gasteiger partial charge in [0.25, 0.3) is 0 Å². The number of nitrogens with one attached hydrogen (secondary N) is 3. The number of carbonyl (C=O) groups is 5. The van der Waals surface area contributed by atoms with Crippen molar-refractivity contribution < 1.29 is 34.2 Å². The number of hydrogen-bond donors (Lipinski definition) is 8. The van der Waals surface area contributed by atoms with Crippen LogP contribution in [0.4, 0.5) is 0 Å². The summed E-state index contributed by atoms with van der Waals surface area (Å²) in [6, 6.07) is -5.17. The van der Waals surface area contributed by atoms with Crippen LogP contribution in [0.1, 0.15) is 26.7 Å². The largest absolute Gasteiger partial charge is 0.480 e. The molecule has 0 bridgehead atoms. The Morgan fingerprint density at radius 1 is 1.00 bits per heavy atom. The van der Waals surface area contributed by atoms with Gasteiger partial charge < -0.3 is 37.6 Å². The van der Waals surface area contributed by atoms with Crippen molar-refractivity contribution in [2.24, 2.45) is 17.4 Å². The van der Waals surface area contributed by atoms with Crippen LogP contribution in [0.15, 0.2) is 0 Å². The molecule has 0 spiro atoms. The first-order valence-corrected chi connectivity index (χ1v) is 9.51. The van der Waals surface area contributed by atoms with Crippen LogP contribution < -0.4 is 27.4 Å². The molecule has 166 valence electrons. The molecule has 13 heteroatoms. The van der Waals surface area contributed by atoms with Crippen LogP contribution in [0.5, 0.6) is 0 Å². The molecule has 5 unspecified atom stereocenters. The van der Waals surface area contributed by atoms with Crippen LogP contribution in [-0.2, 0) is 24.0 Å². The van der Waals surface area contributed by atoms with Crippen LogP contribution in [0, 0.1) is 5.92 Å². The van der Waals surface area contributed by atoms with Crippen molar-refractivity contribution in [2.75, 3.05) is 12.4 Å². The van der Waals surface area contributed by atoms with E-state index in [9.17, 15) is 24.0 Å². The zero-order chi connectivity index (χ0) is 22.7. The van der Waals surface area contributed by atoms with E-state index in [0.717, 1.165) is 0 Å². The Morgan fingerprint density at radius 3 is 1.97 bits per heavy atom. The molecule has 0 rings (SSSR count). The minimum Gasteiger partial charge on any atom is -0.480 e. The lowest BCUT2D eigenvalue weighted by Crippen LogP contribution is -2.59. The van der Waals surface area contributed by atoms with Gasteiger partial charge in [-0.05, 0) is 5.92 Å². The summed E-state index contributed by atoms with van der Waals surface area (Å²) < 4.78 is 0. The minimum atomic E-state index is -1.56. The highest BCUT2D eigenvalue weighted by Crippen LogP contribution is 2.09. The molecule has 0 fully saturated rings. The van der Waals surface area contributed by atoms with E-state index in [4.69, 9.17) is 21.7 Å². The predicted molar refractivity (Wildman–Crippen MR) is 106 cm³/mol. The average molecular weight is 436 g/mol. The van der Waals surface area contributed by atoms with E-state index in [1.54, 1.807) is 13.8 Å². The summed E-state index contributed by atoms with van der Waals surface area (Å²) in [5.41, 5.74) is 10.7. The number of aliphatic hydroxyl groups excluding tert-OH is 1. The fourth-order valence-electron chi connectivity index (χ4n) is 2.17. The van der Waals surface area contributed by atoms with E-state index in [1.165, 1.54) is 0 Å². The topological polar surface area (TPSA) is 214 Å². The summed E-state index contributed by atoms with van der Waals surface area (Å²) >= 11 is 3.88. The lowest BCUT2D eigenvalue weighted by Gasteiger charge is -2.27. The first kappa shape index (κ1) is 26.6. The highest BCUT2D eigenvalue weighted by Gasteiger charge is 2.33. The molecule has 0 heterocycles. The molecule has 0 aliphatic carbocycles. The van der Waals surface area contributed by atoms with Gasteiger partial charge in [-0.3, -0.25) is 19.2 Å². The molecule has 5 atom stereocenters. The first-order chi connectivity index (χ1) is 13.5. The number of carbonyl (C=O) groups excluding carboxylic acids is 4. The van der Waals surface area contributed by atoms with Crippen LogP contribution in [0.3, 0.4) is 0 Å². The second-order valence-electron chi connectivity index (χ2n) is 6.47. The Hall–Kier alpha value is -2.38. The Labute approximate surface area is 173 Å². The number of rotatable bonds is 13. The van der Waals surface area contributed by atoms with Crippen molar-refractivity contribution in [2.45, 2.75) is 50.9 Å². The molecule has 12 nitrogen and oxygen atoms in total. The quantitative estimate of drug-likeness (QED) is 0.137. The summed E-state index contributed by atoms with van der Waals surface area (Å²) in [5.74, 6) is -5.22. The van der Waals surface area contributed by atoms with E-state index >= 15 is 0 Å². The number of nitrogens with two attached hydrogens (primary N) is 2. The molecule has 0 aliphatic heterocycles. The van der Waals surface area contributed by atoms with Gasteiger partial charge in [0.05, 0.1) is 19.1 Å². The van der Waals surface area contributed by atoms with E-state index in [0.29, 0.717) is 6.42 Å². The normalized spacial score (nSPS) is 15.9. The van der Waals surface area contributed by atoms with Gasteiger partial charge in [-0.2, -0.15) is 12.6 Å². The number of thiol groups is 1. The average Bonchev–Trinajstić information content (AvgIpc) is 2.67. The van der Waals surface area contributed by atoms with Crippen molar-refractivity contribution in [3.05, 3.63) is 0 Å². The third-order valence-electron chi connectivity index (χ3n) is 4.16. The molecule has 0 radical (unpaired) electrons. The van der Waals surface area contributed by atoms with Gasteiger partial charge in [-0.15, -0.1) is 0 Å². The van der Waals surface area contributed by atoms with Crippen LogP contribution in [-0.4, -0.2) is 76.3 Å². The lowest BCUT2D eigenvalue weighted by molar-refractivity contribution is -0.143. The third kappa shape index (κ3) is 9.11. The van der Waals surface area contributed by atoms with Gasteiger partial charge >= 0.3 is 5.97 Å². The molecule has 0 aromatic rings. The number of carboxylic acid groups (broad SMARTS) is 1. The van der Waals surface area contributed by atoms with E-state index < -0.39 is 72.7 Å². The molecule has 29 heavy (non-hydrogen) atoms. The first-order valence-electron chi connectivity index (χ1n) is 8.87. The summed E-state index contributed by atoms with van der Waals surface area (Å²) in [5, 5.41) is 24.8. The van der Waals surface area contributed by atoms with Crippen molar-refractivity contribution in [1.29, 1.82) is 0 Å². The van der Waals surface area contributed by atoms with Crippen molar-refractivity contribution in [3.63, 3.8) is 0 Å². The van der Waals surface area contributed by atoms with E-state index in [1.807, 2.05) is 0 Å². The zero-order valence-electron chi connectivity index (χ0n) is 16.3. The van der Waals surface area contributed by atoms with Gasteiger partial charge in [-0.1, -0.05) is 20.3 Å². The summed E-state index contributed by atoms with van der Waals surface area (Å²) in [6.45, 7) is 2.54. The number of primary amides is 1. The SMILES string of the molecule is CCC(C)C(NC(=O)C(CC(N)=O)NC(=O)C(N)CS)C(=O)NC(CO)C(=O)O. The number of aliphatic hydroxyl groups is 1. The van der Waals surface area contributed by atoms with E-state index in [-0.39, 0.29) is 5.75 Å². The lowest BCUT2D eigenvalue weighted by atomic mass is 9.97. The Bertz CT molecular complexity index is 618. The third-order valence-corrected chi connectivity index (χ3v) is 4.56. The van der Waals surface area contributed by atoms with Gasteiger partial charge in [0, 0.05) is 5.75 Å². The Kier molecular flexibility index (Phi) is 11.9. The van der Waals surface area contributed by atoms with E-state index in [2.05, 4.69) is 28.6 Å².